The number of rotatable bonds is 10. The molecule has 0 saturated carbocycles. The lowest BCUT2D eigenvalue weighted by Gasteiger charge is -2.27. The average Bonchev–Trinajstić information content (AvgIpc) is 2.93. The number of aliphatic hydroxyl groups excluding tert-OH is 1. The zero-order valence-electron chi connectivity index (χ0n) is 15.3. The van der Waals surface area contributed by atoms with Crippen molar-refractivity contribution in [3.8, 4) is 5.75 Å². The molecule has 1 aromatic carbocycles. The summed E-state index contributed by atoms with van der Waals surface area (Å²) in [6.45, 7) is 1.37. The van der Waals surface area contributed by atoms with Gasteiger partial charge in [0.2, 0.25) is 17.8 Å². The van der Waals surface area contributed by atoms with Crippen molar-refractivity contribution in [1.29, 1.82) is 0 Å². The van der Waals surface area contributed by atoms with E-state index in [4.69, 9.17) is 15.6 Å². The predicted octanol–water partition coefficient (Wildman–Crippen LogP) is 1.19. The molecule has 8 nitrogen and oxygen atoms in total. The van der Waals surface area contributed by atoms with Crippen molar-refractivity contribution < 1.29 is 19.4 Å². The van der Waals surface area contributed by atoms with Crippen molar-refractivity contribution in [2.45, 2.75) is 51.1 Å². The molecule has 0 radical (unpaired) electrons. The number of nitrogens with zero attached hydrogens (tertiary/aromatic N) is 2. The standard InChI is InChI=1S/C19H26N4O4/c20-17(25)11-16-18(26)22-19-21-15-7-6-14(10-13(15)12-23(16)19)27-9-5-3-1-2-4-8-24/h6-7,10,16,24H,1-5,8-9,11-12H2,(H2,20,25)(H,21,22,26). The first-order valence-corrected chi connectivity index (χ1v) is 9.39. The lowest BCUT2D eigenvalue weighted by atomic mass is 10.1. The molecular weight excluding hydrogens is 348 g/mol. The minimum absolute atomic E-state index is 0.0351. The Morgan fingerprint density at radius 2 is 2.07 bits per heavy atom. The Morgan fingerprint density at radius 3 is 2.85 bits per heavy atom. The smallest absolute Gasteiger partial charge is 0.250 e. The van der Waals surface area contributed by atoms with E-state index in [2.05, 4.69) is 10.3 Å². The fourth-order valence-corrected chi connectivity index (χ4v) is 3.34. The SMILES string of the molecule is NC(=O)CC1C(=O)NC2=Nc3ccc(OCCCCCCCO)cc3CN21. The number of amides is 2. The van der Waals surface area contributed by atoms with E-state index in [0.717, 1.165) is 49.1 Å². The van der Waals surface area contributed by atoms with Gasteiger partial charge in [-0.2, -0.15) is 0 Å². The third kappa shape index (κ3) is 4.77. The molecule has 2 heterocycles. The maximum atomic E-state index is 12.1. The largest absolute Gasteiger partial charge is 0.494 e. The summed E-state index contributed by atoms with van der Waals surface area (Å²) in [6, 6.07) is 5.08. The summed E-state index contributed by atoms with van der Waals surface area (Å²) >= 11 is 0. The molecule has 146 valence electrons. The van der Waals surface area contributed by atoms with Crippen LogP contribution < -0.4 is 15.8 Å². The van der Waals surface area contributed by atoms with Gasteiger partial charge >= 0.3 is 0 Å². The number of carbonyl (C=O) groups excluding carboxylic acids is 2. The van der Waals surface area contributed by atoms with E-state index in [1.807, 2.05) is 18.2 Å². The number of hydrogen-bond donors (Lipinski definition) is 3. The molecule has 1 unspecified atom stereocenters. The van der Waals surface area contributed by atoms with Crippen LogP contribution in [-0.2, 0) is 16.1 Å². The zero-order chi connectivity index (χ0) is 19.2. The average molecular weight is 374 g/mol. The fraction of sp³-hybridized carbons (Fsp3) is 0.526. The first kappa shape index (κ1) is 19.2. The zero-order valence-corrected chi connectivity index (χ0v) is 15.3. The number of fused-ring (bicyclic) bond motifs is 2. The van der Waals surface area contributed by atoms with Crippen molar-refractivity contribution in [3.63, 3.8) is 0 Å². The Morgan fingerprint density at radius 1 is 1.30 bits per heavy atom. The maximum absolute atomic E-state index is 12.1. The van der Waals surface area contributed by atoms with Gasteiger partial charge in [-0.15, -0.1) is 0 Å². The molecule has 8 heteroatoms. The molecule has 2 amide bonds. The Balaban J connectivity index is 1.57. The van der Waals surface area contributed by atoms with E-state index in [1.165, 1.54) is 0 Å². The van der Waals surface area contributed by atoms with Crippen LogP contribution in [0.25, 0.3) is 0 Å². The number of unbranched alkanes of at least 4 members (excludes halogenated alkanes) is 4. The summed E-state index contributed by atoms with van der Waals surface area (Å²) in [7, 11) is 0. The lowest BCUT2D eigenvalue weighted by molar-refractivity contribution is -0.126. The molecule has 27 heavy (non-hydrogen) atoms. The molecule has 0 aliphatic carbocycles. The van der Waals surface area contributed by atoms with Gasteiger partial charge < -0.3 is 20.5 Å². The topological polar surface area (TPSA) is 117 Å². The van der Waals surface area contributed by atoms with Crippen LogP contribution in [0, 0.1) is 0 Å². The van der Waals surface area contributed by atoms with E-state index in [0.29, 0.717) is 19.1 Å². The predicted molar refractivity (Wildman–Crippen MR) is 100 cm³/mol. The third-order valence-electron chi connectivity index (χ3n) is 4.77. The van der Waals surface area contributed by atoms with Crippen LogP contribution in [0.15, 0.2) is 23.2 Å². The van der Waals surface area contributed by atoms with Crippen LogP contribution in [0.3, 0.4) is 0 Å². The number of carbonyl (C=O) groups is 2. The number of primary amides is 1. The second-order valence-electron chi connectivity index (χ2n) is 6.87. The van der Waals surface area contributed by atoms with E-state index in [9.17, 15) is 9.59 Å². The van der Waals surface area contributed by atoms with Gasteiger partial charge in [0.25, 0.3) is 0 Å². The Bertz CT molecular complexity index is 734. The quantitative estimate of drug-likeness (QED) is 0.532. The van der Waals surface area contributed by atoms with E-state index in [-0.39, 0.29) is 18.9 Å². The molecule has 1 fully saturated rings. The van der Waals surface area contributed by atoms with Gasteiger partial charge in [0.05, 0.1) is 18.7 Å². The van der Waals surface area contributed by atoms with E-state index >= 15 is 0 Å². The number of hydrogen-bond acceptors (Lipinski definition) is 6. The lowest BCUT2D eigenvalue weighted by Crippen LogP contribution is -2.39. The van der Waals surface area contributed by atoms with Gasteiger partial charge in [0, 0.05) is 18.7 Å². The molecule has 1 aromatic rings. The highest BCUT2D eigenvalue weighted by atomic mass is 16.5. The number of ether oxygens (including phenoxy) is 1. The molecular formula is C19H26N4O4. The normalized spacial score (nSPS) is 17.8. The first-order chi connectivity index (χ1) is 13.1. The second kappa shape index (κ2) is 8.85. The van der Waals surface area contributed by atoms with Gasteiger partial charge in [-0.25, -0.2) is 4.99 Å². The minimum atomic E-state index is -0.613. The highest BCUT2D eigenvalue weighted by Gasteiger charge is 2.39. The summed E-state index contributed by atoms with van der Waals surface area (Å²) in [6.07, 6.45) is 5.02. The van der Waals surface area contributed by atoms with Crippen LogP contribution in [0.2, 0.25) is 0 Å². The molecule has 2 aliphatic heterocycles. The fourth-order valence-electron chi connectivity index (χ4n) is 3.34. The van der Waals surface area contributed by atoms with Crippen LogP contribution >= 0.6 is 0 Å². The van der Waals surface area contributed by atoms with Gasteiger partial charge in [-0.1, -0.05) is 19.3 Å². The second-order valence-corrected chi connectivity index (χ2v) is 6.87. The summed E-state index contributed by atoms with van der Waals surface area (Å²) in [5.74, 6) is 0.472. The summed E-state index contributed by atoms with van der Waals surface area (Å²) < 4.78 is 5.83. The van der Waals surface area contributed by atoms with Crippen LogP contribution in [0.1, 0.15) is 44.1 Å². The Labute approximate surface area is 158 Å². The summed E-state index contributed by atoms with van der Waals surface area (Å²) in [5, 5.41) is 11.5. The van der Waals surface area contributed by atoms with Gasteiger partial charge in [0.1, 0.15) is 11.8 Å². The highest BCUT2D eigenvalue weighted by Crippen LogP contribution is 2.32. The number of guanidine groups is 1. The van der Waals surface area contributed by atoms with Crippen molar-refractivity contribution >= 4 is 23.5 Å². The number of nitrogens with two attached hydrogens (primary N) is 1. The Hall–Kier alpha value is -2.61. The molecule has 4 N–H and O–H groups in total. The molecule has 1 atom stereocenters. The van der Waals surface area contributed by atoms with Gasteiger partial charge in [0.15, 0.2) is 0 Å². The summed E-state index contributed by atoms with van der Waals surface area (Å²) in [5.41, 5.74) is 7.00. The third-order valence-corrected chi connectivity index (χ3v) is 4.77. The Kier molecular flexibility index (Phi) is 6.28. The number of nitrogens with one attached hydrogen (secondary N) is 1. The molecule has 2 aliphatic rings. The molecule has 1 saturated heterocycles. The van der Waals surface area contributed by atoms with E-state index in [1.54, 1.807) is 4.90 Å². The monoisotopic (exact) mass is 374 g/mol. The molecule has 3 rings (SSSR count). The van der Waals surface area contributed by atoms with Crippen LogP contribution in [0.4, 0.5) is 5.69 Å². The molecule has 0 aromatic heterocycles. The number of benzene rings is 1. The van der Waals surface area contributed by atoms with Crippen molar-refractivity contribution in [2.75, 3.05) is 13.2 Å². The van der Waals surface area contributed by atoms with Crippen LogP contribution in [0.5, 0.6) is 5.75 Å². The van der Waals surface area contributed by atoms with Gasteiger partial charge in [-0.3, -0.25) is 14.9 Å². The van der Waals surface area contributed by atoms with Crippen LogP contribution in [-0.4, -0.2) is 47.0 Å². The highest BCUT2D eigenvalue weighted by molar-refractivity contribution is 6.09. The minimum Gasteiger partial charge on any atom is -0.494 e. The number of aliphatic hydroxyl groups is 1. The van der Waals surface area contributed by atoms with E-state index < -0.39 is 11.9 Å². The van der Waals surface area contributed by atoms with Crippen molar-refractivity contribution in [2.24, 2.45) is 10.7 Å². The van der Waals surface area contributed by atoms with Crippen molar-refractivity contribution in [1.82, 2.24) is 10.2 Å². The maximum Gasteiger partial charge on any atom is 0.250 e. The number of aliphatic imine (C=N–C) groups is 1. The molecule has 0 bridgehead atoms. The first-order valence-electron chi connectivity index (χ1n) is 9.39. The summed E-state index contributed by atoms with van der Waals surface area (Å²) in [4.78, 5) is 29.6. The van der Waals surface area contributed by atoms with Gasteiger partial charge in [-0.05, 0) is 31.0 Å². The van der Waals surface area contributed by atoms with Crippen molar-refractivity contribution in [3.05, 3.63) is 23.8 Å². The molecule has 0 spiro atoms.